The van der Waals surface area contributed by atoms with E-state index >= 15 is 0 Å². The number of hydrogen-bond donors (Lipinski definition) is 4. The molecule has 3 heterocycles. The quantitative estimate of drug-likeness (QED) is 0.0719. The SMILES string of the molecule is CCCCN1CCC(n2ccc3cc(C(=O)O)ccc32)CC1.CCOc1cc(NC(=O)NC(CC)CC)ccc1Oc1ccc(NC(=O)c2ccc(N3CCN(CC)CC3)cc2)cc1. The molecule has 2 saturated heterocycles. The van der Waals surface area contributed by atoms with Gasteiger partial charge in [-0.3, -0.25) is 4.79 Å². The first-order chi connectivity index (χ1) is 31.1. The maximum Gasteiger partial charge on any atom is 0.335 e. The molecule has 3 amide bonds. The van der Waals surface area contributed by atoms with Crippen LogP contribution in [0, 0.1) is 0 Å². The van der Waals surface area contributed by atoms with E-state index in [1.165, 1.54) is 32.2 Å². The lowest BCUT2D eigenvalue weighted by atomic mass is 10.0. The summed E-state index contributed by atoms with van der Waals surface area (Å²) in [7, 11) is 0. The van der Waals surface area contributed by atoms with E-state index in [4.69, 9.17) is 14.6 Å². The minimum Gasteiger partial charge on any atom is -0.490 e. The van der Waals surface area contributed by atoms with Crippen LogP contribution >= 0.6 is 0 Å². The lowest BCUT2D eigenvalue weighted by molar-refractivity contribution is 0.0696. The van der Waals surface area contributed by atoms with E-state index in [0.717, 1.165) is 75.2 Å². The number of carbonyl (C=O) groups excluding carboxylic acids is 2. The average Bonchev–Trinajstić information content (AvgIpc) is 3.75. The summed E-state index contributed by atoms with van der Waals surface area (Å²) in [5, 5.41) is 18.9. The minimum absolute atomic E-state index is 0.129. The van der Waals surface area contributed by atoms with Crippen molar-refractivity contribution in [3.63, 3.8) is 0 Å². The lowest BCUT2D eigenvalue weighted by Gasteiger charge is -2.35. The molecule has 1 aromatic heterocycles. The zero-order chi connectivity index (χ0) is 45.4. The van der Waals surface area contributed by atoms with Crippen molar-refractivity contribution in [1.29, 1.82) is 0 Å². The molecule has 2 aliphatic heterocycles. The number of piperidine rings is 1. The lowest BCUT2D eigenvalue weighted by Crippen LogP contribution is -2.46. The molecule has 7 rings (SSSR count). The maximum absolute atomic E-state index is 12.9. The van der Waals surface area contributed by atoms with Gasteiger partial charge in [0.2, 0.25) is 0 Å². The molecule has 2 aliphatic rings. The van der Waals surface area contributed by atoms with E-state index in [2.05, 4.69) is 55.3 Å². The fourth-order valence-electron chi connectivity index (χ4n) is 8.28. The van der Waals surface area contributed by atoms with Gasteiger partial charge in [-0.2, -0.15) is 0 Å². The molecule has 5 aromatic rings. The van der Waals surface area contributed by atoms with Crippen LogP contribution in [-0.4, -0.2) is 102 Å². The fraction of sp³-hybridized carbons (Fsp3) is 0.431. The normalized spacial score (nSPS) is 14.8. The van der Waals surface area contributed by atoms with Crippen molar-refractivity contribution in [3.05, 3.63) is 108 Å². The Kier molecular flexibility index (Phi) is 17.5. The Labute approximate surface area is 378 Å². The molecule has 13 nitrogen and oxygen atoms in total. The number of carboxylic acids is 1. The number of carboxylic acid groups (broad SMARTS) is 1. The van der Waals surface area contributed by atoms with Gasteiger partial charge in [-0.15, -0.1) is 0 Å². The molecule has 0 atom stereocenters. The predicted molar refractivity (Wildman–Crippen MR) is 258 cm³/mol. The average molecular weight is 874 g/mol. The highest BCUT2D eigenvalue weighted by atomic mass is 16.5. The summed E-state index contributed by atoms with van der Waals surface area (Å²) in [6, 6.07) is 28.1. The van der Waals surface area contributed by atoms with Crippen molar-refractivity contribution in [3.8, 4) is 17.2 Å². The van der Waals surface area contributed by atoms with Gasteiger partial charge in [-0.05, 0) is 137 Å². The summed E-state index contributed by atoms with van der Waals surface area (Å²) >= 11 is 0. The molecule has 0 aliphatic carbocycles. The van der Waals surface area contributed by atoms with Gasteiger partial charge >= 0.3 is 12.0 Å². The van der Waals surface area contributed by atoms with E-state index in [-0.39, 0.29) is 18.0 Å². The van der Waals surface area contributed by atoms with Gasteiger partial charge in [0, 0.05) is 97.1 Å². The number of amides is 3. The van der Waals surface area contributed by atoms with E-state index in [1.54, 1.807) is 54.6 Å². The Morgan fingerprint density at radius 2 is 1.41 bits per heavy atom. The van der Waals surface area contributed by atoms with Gasteiger partial charge in [-0.1, -0.05) is 34.1 Å². The number of nitrogens with zero attached hydrogens (tertiary/aromatic N) is 4. The highest BCUT2D eigenvalue weighted by Crippen LogP contribution is 2.35. The zero-order valence-corrected chi connectivity index (χ0v) is 38.3. The first-order valence-corrected chi connectivity index (χ1v) is 23.2. The second kappa shape index (κ2) is 23.6. The van der Waals surface area contributed by atoms with E-state index in [0.29, 0.717) is 52.4 Å². The van der Waals surface area contributed by atoms with Crippen LogP contribution in [0.25, 0.3) is 10.9 Å². The minimum atomic E-state index is -0.862. The Morgan fingerprint density at radius 1 is 0.719 bits per heavy atom. The van der Waals surface area contributed by atoms with E-state index in [9.17, 15) is 14.4 Å². The summed E-state index contributed by atoms with van der Waals surface area (Å²) in [5.74, 6) is 0.607. The van der Waals surface area contributed by atoms with Crippen molar-refractivity contribution < 1.29 is 29.0 Å². The van der Waals surface area contributed by atoms with Crippen molar-refractivity contribution in [2.75, 3.05) is 74.5 Å². The maximum atomic E-state index is 12.9. The van der Waals surface area contributed by atoms with Gasteiger partial charge in [0.05, 0.1) is 12.2 Å². The first kappa shape index (κ1) is 47.4. The van der Waals surface area contributed by atoms with Crippen LogP contribution in [0.1, 0.15) is 99.9 Å². The van der Waals surface area contributed by atoms with E-state index in [1.807, 2.05) is 57.2 Å². The largest absolute Gasteiger partial charge is 0.490 e. The van der Waals surface area contributed by atoms with Crippen molar-refractivity contribution in [1.82, 2.24) is 19.7 Å². The molecule has 0 spiro atoms. The fourth-order valence-corrected chi connectivity index (χ4v) is 8.28. The number of aromatic carboxylic acids is 1. The number of rotatable bonds is 17. The monoisotopic (exact) mass is 874 g/mol. The van der Waals surface area contributed by atoms with Crippen molar-refractivity contribution >= 4 is 45.9 Å². The highest BCUT2D eigenvalue weighted by Gasteiger charge is 2.22. The molecule has 342 valence electrons. The number of anilines is 3. The number of hydrogen-bond acceptors (Lipinski definition) is 8. The number of fused-ring (bicyclic) bond motifs is 1. The number of nitrogens with one attached hydrogen (secondary N) is 3. The van der Waals surface area contributed by atoms with Gasteiger partial charge in [-0.25, -0.2) is 9.59 Å². The van der Waals surface area contributed by atoms with Crippen LogP contribution in [0.4, 0.5) is 21.9 Å². The van der Waals surface area contributed by atoms with Gasteiger partial charge in [0.1, 0.15) is 5.75 Å². The summed E-state index contributed by atoms with van der Waals surface area (Å²) in [4.78, 5) is 43.7. The molecule has 2 fully saturated rings. The first-order valence-electron chi connectivity index (χ1n) is 23.2. The van der Waals surface area contributed by atoms with Crippen LogP contribution in [0.2, 0.25) is 0 Å². The second-order valence-corrected chi connectivity index (χ2v) is 16.5. The molecular weight excluding hydrogens is 807 g/mol. The molecule has 0 radical (unpaired) electrons. The number of likely N-dealkylation sites (tertiary alicyclic amines) is 1. The Bertz CT molecular complexity index is 2260. The van der Waals surface area contributed by atoms with Gasteiger partial charge in [0.15, 0.2) is 11.5 Å². The summed E-state index contributed by atoms with van der Waals surface area (Å²) in [5.41, 5.74) is 4.54. The third-order valence-corrected chi connectivity index (χ3v) is 12.2. The molecular formula is C51H67N7O6. The standard InChI is InChI=1S/C33H43N5O4.C18H24N2O2/c1-5-25(6-2)35-33(40)36-27-13-18-30(31(23-27)41-8-4)42-29-16-11-26(12-17-29)34-32(39)24-9-14-28(15-10-24)38-21-19-37(7-3)20-22-38;1-2-3-9-19-10-7-16(8-11-19)20-12-6-14-13-15(18(21)22)4-5-17(14)20/h9-18,23,25H,5-8,19-22H2,1-4H3,(H,34,39)(H2,35,36,40);4-6,12-13,16H,2-3,7-11H2,1H3,(H,21,22). The van der Waals surface area contributed by atoms with Crippen molar-refractivity contribution in [2.24, 2.45) is 0 Å². The zero-order valence-electron chi connectivity index (χ0n) is 38.3. The van der Waals surface area contributed by atoms with Crippen LogP contribution < -0.4 is 30.3 Å². The second-order valence-electron chi connectivity index (χ2n) is 16.5. The predicted octanol–water partition coefficient (Wildman–Crippen LogP) is 10.4. The van der Waals surface area contributed by atoms with E-state index < -0.39 is 5.97 Å². The third-order valence-electron chi connectivity index (χ3n) is 12.2. The Balaban J connectivity index is 0.000000258. The molecule has 0 unspecified atom stereocenters. The number of likely N-dealkylation sites (N-methyl/N-ethyl adjacent to an activating group) is 1. The number of ether oxygens (including phenoxy) is 2. The summed E-state index contributed by atoms with van der Waals surface area (Å²) < 4.78 is 14.2. The molecule has 0 saturated carbocycles. The van der Waals surface area contributed by atoms with Gasteiger partial charge < -0.3 is 49.8 Å². The highest BCUT2D eigenvalue weighted by molar-refractivity contribution is 6.04. The Morgan fingerprint density at radius 3 is 2.05 bits per heavy atom. The number of urea groups is 1. The Hall–Kier alpha value is -6.05. The van der Waals surface area contributed by atoms with Crippen LogP contribution in [0.15, 0.2) is 97.2 Å². The van der Waals surface area contributed by atoms with Crippen molar-refractivity contribution in [2.45, 2.75) is 85.2 Å². The summed E-state index contributed by atoms with van der Waals surface area (Å²) in [6.45, 7) is 19.6. The molecule has 64 heavy (non-hydrogen) atoms. The van der Waals surface area contributed by atoms with Crippen LogP contribution in [0.5, 0.6) is 17.2 Å². The number of aromatic nitrogens is 1. The molecule has 13 heteroatoms. The number of unbranched alkanes of at least 4 members (excludes halogenated alkanes) is 1. The summed E-state index contributed by atoms with van der Waals surface area (Å²) in [6.07, 6.45) is 8.75. The van der Waals surface area contributed by atoms with Crippen LogP contribution in [0.3, 0.4) is 0 Å². The third kappa shape index (κ3) is 13.0. The van der Waals surface area contributed by atoms with Crippen LogP contribution in [-0.2, 0) is 0 Å². The smallest absolute Gasteiger partial charge is 0.335 e. The van der Waals surface area contributed by atoms with Gasteiger partial charge in [0.25, 0.3) is 5.91 Å². The number of benzene rings is 4. The molecule has 4 N–H and O–H groups in total. The molecule has 4 aromatic carbocycles. The number of piperazine rings is 1. The molecule has 0 bridgehead atoms. The topological polar surface area (TPSA) is 141 Å². The number of carbonyl (C=O) groups is 3.